The second kappa shape index (κ2) is 6.06. The molecule has 1 atom stereocenters. The molecular formula is C16H19N3O2S. The molecule has 6 heteroatoms. The number of anilines is 1. The van der Waals surface area contributed by atoms with Gasteiger partial charge in [0.2, 0.25) is 0 Å². The maximum Gasteiger partial charge on any atom is 0.263 e. The molecule has 1 aliphatic carbocycles. The number of aromatic nitrogens is 1. The molecule has 116 valence electrons. The number of nitrogens with one attached hydrogen (secondary N) is 2. The van der Waals surface area contributed by atoms with Gasteiger partial charge in [0.25, 0.3) is 5.91 Å². The summed E-state index contributed by atoms with van der Waals surface area (Å²) in [5, 5.41) is 17.1. The van der Waals surface area contributed by atoms with E-state index in [-0.39, 0.29) is 11.3 Å². The molecule has 1 amide bonds. The number of rotatable bonds is 6. The van der Waals surface area contributed by atoms with Gasteiger partial charge >= 0.3 is 0 Å². The fraction of sp³-hybridized carbons (Fsp3) is 0.375. The van der Waals surface area contributed by atoms with Crippen LogP contribution in [0.2, 0.25) is 0 Å². The Labute approximate surface area is 133 Å². The average molecular weight is 317 g/mol. The number of aliphatic hydroxyl groups excluding tert-OH is 1. The quantitative estimate of drug-likeness (QED) is 0.765. The highest BCUT2D eigenvalue weighted by molar-refractivity contribution is 7.17. The molecule has 0 saturated heterocycles. The van der Waals surface area contributed by atoms with Crippen LogP contribution in [-0.2, 0) is 0 Å². The normalized spacial score (nSPS) is 16.8. The summed E-state index contributed by atoms with van der Waals surface area (Å²) in [5.41, 5.74) is 0.678. The van der Waals surface area contributed by atoms with Crippen molar-refractivity contribution in [2.45, 2.75) is 18.9 Å². The molecule has 0 spiro atoms. The first-order valence-electron chi connectivity index (χ1n) is 7.29. The third-order valence-electron chi connectivity index (χ3n) is 4.13. The summed E-state index contributed by atoms with van der Waals surface area (Å²) in [4.78, 5) is 16.8. The van der Waals surface area contributed by atoms with Crippen molar-refractivity contribution >= 4 is 22.4 Å². The third kappa shape index (κ3) is 2.98. The number of aliphatic hydroxyl groups is 1. The number of thiazole rings is 1. The van der Waals surface area contributed by atoms with Crippen LogP contribution >= 0.6 is 11.3 Å². The summed E-state index contributed by atoms with van der Waals surface area (Å²) < 4.78 is 0. The largest absolute Gasteiger partial charge is 0.388 e. The van der Waals surface area contributed by atoms with Gasteiger partial charge in [-0.05, 0) is 18.4 Å². The molecule has 22 heavy (non-hydrogen) atoms. The van der Waals surface area contributed by atoms with E-state index in [1.807, 2.05) is 30.3 Å². The Hall–Kier alpha value is -1.92. The predicted molar refractivity (Wildman–Crippen MR) is 87.1 cm³/mol. The minimum atomic E-state index is -0.539. The van der Waals surface area contributed by atoms with Gasteiger partial charge in [0.1, 0.15) is 4.88 Å². The number of hydrogen-bond donors (Lipinski definition) is 3. The average Bonchev–Trinajstić information content (AvgIpc) is 3.20. The number of carbonyl (C=O) groups excluding carboxylic acids is 1. The minimum absolute atomic E-state index is 0.134. The van der Waals surface area contributed by atoms with Gasteiger partial charge in [-0.3, -0.25) is 4.79 Å². The summed E-state index contributed by atoms with van der Waals surface area (Å²) in [7, 11) is 1.77. The Kier molecular flexibility index (Phi) is 4.13. The molecule has 3 N–H and O–H groups in total. The Morgan fingerprint density at radius 3 is 2.73 bits per heavy atom. The van der Waals surface area contributed by atoms with Crippen molar-refractivity contribution in [2.75, 3.05) is 18.9 Å². The summed E-state index contributed by atoms with van der Waals surface area (Å²) in [6.45, 7) is 0.481. The summed E-state index contributed by atoms with van der Waals surface area (Å²) in [6, 6.07) is 9.62. The van der Waals surface area contributed by atoms with Crippen LogP contribution in [0, 0.1) is 5.41 Å². The lowest BCUT2D eigenvalue weighted by Crippen LogP contribution is -2.33. The van der Waals surface area contributed by atoms with Crippen LogP contribution in [0.3, 0.4) is 0 Å². The van der Waals surface area contributed by atoms with E-state index in [9.17, 15) is 9.90 Å². The zero-order chi connectivity index (χ0) is 15.6. The topological polar surface area (TPSA) is 74.2 Å². The lowest BCUT2D eigenvalue weighted by atomic mass is 9.92. The Morgan fingerprint density at radius 2 is 2.14 bits per heavy atom. The van der Waals surface area contributed by atoms with Gasteiger partial charge in [-0.25, -0.2) is 4.98 Å². The SMILES string of the molecule is CNc1ncc(C(=O)NCC2(C(O)c3ccccc3)CC2)s1. The van der Waals surface area contributed by atoms with Crippen LogP contribution in [0.25, 0.3) is 0 Å². The van der Waals surface area contributed by atoms with Crippen molar-refractivity contribution in [3.8, 4) is 0 Å². The van der Waals surface area contributed by atoms with E-state index < -0.39 is 6.10 Å². The summed E-state index contributed by atoms with van der Waals surface area (Å²) in [6.07, 6.45) is 2.88. The highest BCUT2D eigenvalue weighted by atomic mass is 32.1. The van der Waals surface area contributed by atoms with Gasteiger partial charge in [0, 0.05) is 19.0 Å². The lowest BCUT2D eigenvalue weighted by Gasteiger charge is -2.22. The minimum Gasteiger partial charge on any atom is -0.388 e. The van der Waals surface area contributed by atoms with Crippen LogP contribution in [0.1, 0.15) is 34.2 Å². The monoisotopic (exact) mass is 317 g/mol. The predicted octanol–water partition coefficient (Wildman–Crippen LogP) is 2.43. The van der Waals surface area contributed by atoms with E-state index in [4.69, 9.17) is 0 Å². The molecule has 1 heterocycles. The second-order valence-electron chi connectivity index (χ2n) is 5.64. The molecule has 2 aromatic rings. The van der Waals surface area contributed by atoms with Crippen molar-refractivity contribution in [2.24, 2.45) is 5.41 Å². The van der Waals surface area contributed by atoms with Gasteiger partial charge in [-0.15, -0.1) is 0 Å². The number of carbonyl (C=O) groups is 1. The highest BCUT2D eigenvalue weighted by Crippen LogP contribution is 2.54. The zero-order valence-corrected chi connectivity index (χ0v) is 13.2. The van der Waals surface area contributed by atoms with Crippen molar-refractivity contribution < 1.29 is 9.90 Å². The van der Waals surface area contributed by atoms with E-state index in [1.54, 1.807) is 13.2 Å². The highest BCUT2D eigenvalue weighted by Gasteiger charge is 2.49. The Balaban J connectivity index is 1.62. The summed E-state index contributed by atoms with van der Waals surface area (Å²) >= 11 is 1.32. The van der Waals surface area contributed by atoms with E-state index >= 15 is 0 Å². The van der Waals surface area contributed by atoms with Crippen molar-refractivity contribution in [3.63, 3.8) is 0 Å². The lowest BCUT2D eigenvalue weighted by molar-refractivity contribution is 0.0810. The number of hydrogen-bond acceptors (Lipinski definition) is 5. The molecule has 1 aliphatic rings. The van der Waals surface area contributed by atoms with Gasteiger partial charge in [-0.2, -0.15) is 0 Å². The first-order chi connectivity index (χ1) is 10.6. The molecule has 0 aliphatic heterocycles. The molecule has 3 rings (SSSR count). The van der Waals surface area contributed by atoms with Gasteiger partial charge in [-0.1, -0.05) is 41.7 Å². The third-order valence-corrected chi connectivity index (χ3v) is 5.15. The van der Waals surface area contributed by atoms with Gasteiger partial charge in [0.05, 0.1) is 12.3 Å². The van der Waals surface area contributed by atoms with Crippen molar-refractivity contribution in [1.29, 1.82) is 0 Å². The van der Waals surface area contributed by atoms with Gasteiger partial charge in [0.15, 0.2) is 5.13 Å². The number of benzene rings is 1. The maximum absolute atomic E-state index is 12.2. The second-order valence-corrected chi connectivity index (χ2v) is 6.67. The number of nitrogens with zero attached hydrogens (tertiary/aromatic N) is 1. The molecule has 1 fully saturated rings. The van der Waals surface area contributed by atoms with E-state index in [2.05, 4.69) is 15.6 Å². The number of amides is 1. The van der Waals surface area contributed by atoms with Crippen molar-refractivity contribution in [3.05, 3.63) is 47.0 Å². The first kappa shape index (κ1) is 15.0. The van der Waals surface area contributed by atoms with E-state index in [0.29, 0.717) is 11.4 Å². The van der Waals surface area contributed by atoms with E-state index in [0.717, 1.165) is 23.5 Å². The molecule has 0 bridgehead atoms. The summed E-state index contributed by atoms with van der Waals surface area (Å²) in [5.74, 6) is -0.134. The van der Waals surface area contributed by atoms with Crippen LogP contribution < -0.4 is 10.6 Å². The molecule has 1 aromatic heterocycles. The van der Waals surface area contributed by atoms with Gasteiger partial charge < -0.3 is 15.7 Å². The Morgan fingerprint density at radius 1 is 1.41 bits per heavy atom. The molecule has 5 nitrogen and oxygen atoms in total. The van der Waals surface area contributed by atoms with Crippen LogP contribution in [0.15, 0.2) is 36.5 Å². The standard InChI is InChI=1S/C16H19N3O2S/c1-17-15-18-9-12(22-15)14(21)19-10-16(7-8-16)13(20)11-5-3-2-4-6-11/h2-6,9,13,20H,7-8,10H2,1H3,(H,17,18)(H,19,21). The smallest absolute Gasteiger partial charge is 0.263 e. The van der Waals surface area contributed by atoms with Crippen LogP contribution in [-0.4, -0.2) is 29.6 Å². The molecule has 1 unspecified atom stereocenters. The van der Waals surface area contributed by atoms with E-state index in [1.165, 1.54) is 11.3 Å². The molecule has 1 saturated carbocycles. The fourth-order valence-electron chi connectivity index (χ4n) is 2.53. The van der Waals surface area contributed by atoms with Crippen LogP contribution in [0.4, 0.5) is 5.13 Å². The maximum atomic E-state index is 12.2. The fourth-order valence-corrected chi connectivity index (χ4v) is 3.22. The zero-order valence-electron chi connectivity index (χ0n) is 12.4. The molecular weight excluding hydrogens is 298 g/mol. The van der Waals surface area contributed by atoms with Crippen molar-refractivity contribution in [1.82, 2.24) is 10.3 Å². The van der Waals surface area contributed by atoms with Crippen LogP contribution in [0.5, 0.6) is 0 Å². The first-order valence-corrected chi connectivity index (χ1v) is 8.11. The molecule has 1 aromatic carbocycles. The molecule has 0 radical (unpaired) electrons. The Bertz CT molecular complexity index is 652.